The standard InChI is InChI=1S/C18H32N2O5.C8H17NO3.C2H6.CH2O2/c1-16(2,3)10-17(4,5)15(25)19-12(14(23)24)8-9-13(22)20-18(6,7)11-21;1-8(10)7-12-6-5-11-4-3-9-2;1-2;2-1-3/h11-12H,8-10H2,1-7H3,(H,19,25)(H,20,22)(H,23,24);9H,3-7H2,1-2H3;1-2H3;1H,(H,2,3). The van der Waals surface area contributed by atoms with E-state index in [1.807, 2.05) is 41.7 Å². The summed E-state index contributed by atoms with van der Waals surface area (Å²) in [6.45, 7) is 20.7. The summed E-state index contributed by atoms with van der Waals surface area (Å²) in [6.07, 6.45) is 1.05. The highest BCUT2D eigenvalue weighted by Gasteiger charge is 2.35. The topological polar surface area (TPSA) is 197 Å². The number of carbonyl (C=O) groups excluding carboxylic acids is 4. The van der Waals surface area contributed by atoms with Gasteiger partial charge in [0.25, 0.3) is 6.47 Å². The smallest absolute Gasteiger partial charge is 0.326 e. The summed E-state index contributed by atoms with van der Waals surface area (Å²) in [4.78, 5) is 65.3. The van der Waals surface area contributed by atoms with E-state index in [9.17, 15) is 29.1 Å². The lowest BCUT2D eigenvalue weighted by molar-refractivity contribution is -0.144. The van der Waals surface area contributed by atoms with Crippen molar-refractivity contribution in [2.75, 3.05) is 40.0 Å². The van der Waals surface area contributed by atoms with Crippen LogP contribution in [0.5, 0.6) is 0 Å². The van der Waals surface area contributed by atoms with Gasteiger partial charge in [-0.2, -0.15) is 0 Å². The minimum Gasteiger partial charge on any atom is -0.483 e. The number of Topliss-reactive ketones (excluding diaryl/α,β-unsaturated/α-hetero) is 1. The number of carbonyl (C=O) groups is 6. The van der Waals surface area contributed by atoms with Gasteiger partial charge < -0.3 is 40.4 Å². The maximum atomic E-state index is 12.5. The number of ether oxygens (including phenoxy) is 2. The highest BCUT2D eigenvalue weighted by molar-refractivity contribution is 5.87. The van der Waals surface area contributed by atoms with Crippen LogP contribution in [-0.4, -0.2) is 98.1 Å². The second-order valence-electron chi connectivity index (χ2n) is 11.5. The van der Waals surface area contributed by atoms with Gasteiger partial charge in [-0.1, -0.05) is 48.5 Å². The van der Waals surface area contributed by atoms with Gasteiger partial charge in [-0.25, -0.2) is 4.79 Å². The van der Waals surface area contributed by atoms with E-state index in [1.54, 1.807) is 27.7 Å². The predicted molar refractivity (Wildman–Crippen MR) is 161 cm³/mol. The molecule has 1 unspecified atom stereocenters. The number of carboxylic acids is 1. The van der Waals surface area contributed by atoms with Gasteiger partial charge in [-0.15, -0.1) is 0 Å². The first kappa shape index (κ1) is 46.1. The zero-order chi connectivity index (χ0) is 34.0. The Hall–Kier alpha value is -2.90. The van der Waals surface area contributed by atoms with E-state index >= 15 is 0 Å². The Morgan fingerprint density at radius 1 is 0.905 bits per heavy atom. The third-order valence-electron chi connectivity index (χ3n) is 4.78. The fourth-order valence-electron chi connectivity index (χ4n) is 3.35. The summed E-state index contributed by atoms with van der Waals surface area (Å²) in [5.74, 6) is -1.94. The van der Waals surface area contributed by atoms with Crippen molar-refractivity contribution < 1.29 is 48.5 Å². The molecule has 0 spiro atoms. The number of nitrogens with one attached hydrogen (secondary N) is 3. The molecule has 0 saturated carbocycles. The lowest BCUT2D eigenvalue weighted by Crippen LogP contribution is -2.49. The molecule has 0 aromatic heterocycles. The number of aldehydes is 1. The van der Waals surface area contributed by atoms with Gasteiger partial charge in [0.2, 0.25) is 11.8 Å². The molecule has 0 bridgehead atoms. The van der Waals surface area contributed by atoms with Crippen molar-refractivity contribution in [1.82, 2.24) is 16.0 Å². The molecule has 13 nitrogen and oxygen atoms in total. The molecular weight excluding hydrogens is 550 g/mol. The number of hydrogen-bond donors (Lipinski definition) is 5. The Morgan fingerprint density at radius 2 is 1.40 bits per heavy atom. The number of ketones is 1. The second-order valence-corrected chi connectivity index (χ2v) is 11.5. The third-order valence-corrected chi connectivity index (χ3v) is 4.78. The van der Waals surface area contributed by atoms with E-state index in [-0.39, 0.29) is 43.0 Å². The lowest BCUT2D eigenvalue weighted by atomic mass is 9.75. The molecule has 0 radical (unpaired) electrons. The summed E-state index contributed by atoms with van der Waals surface area (Å²) < 4.78 is 10.1. The fraction of sp³-hybridized carbons (Fsp3) is 0.793. The van der Waals surface area contributed by atoms with Crippen LogP contribution in [0.3, 0.4) is 0 Å². The van der Waals surface area contributed by atoms with Crippen molar-refractivity contribution in [2.24, 2.45) is 10.8 Å². The minimum atomic E-state index is -1.19. The van der Waals surface area contributed by atoms with Crippen LogP contribution in [0.25, 0.3) is 0 Å². The second kappa shape index (κ2) is 25.8. The predicted octanol–water partition coefficient (Wildman–Crippen LogP) is 2.45. The van der Waals surface area contributed by atoms with Crippen LogP contribution in [0.1, 0.15) is 88.5 Å². The number of rotatable bonds is 17. The van der Waals surface area contributed by atoms with Gasteiger partial charge in [-0.05, 0) is 46.1 Å². The third kappa shape index (κ3) is 31.6. The van der Waals surface area contributed by atoms with Gasteiger partial charge in [0.05, 0.1) is 25.4 Å². The number of carboxylic acid groups (broad SMARTS) is 2. The van der Waals surface area contributed by atoms with Crippen molar-refractivity contribution in [3.8, 4) is 0 Å². The Balaban J connectivity index is -0.000000352. The Labute approximate surface area is 251 Å². The Kier molecular flexibility index (Phi) is 28.3. The normalized spacial score (nSPS) is 11.5. The zero-order valence-electron chi connectivity index (χ0n) is 27.5. The summed E-state index contributed by atoms with van der Waals surface area (Å²) in [7, 11) is 1.87. The van der Waals surface area contributed by atoms with Crippen LogP contribution in [0.15, 0.2) is 0 Å². The maximum Gasteiger partial charge on any atom is 0.326 e. The molecule has 2 amide bonds. The molecule has 0 saturated heterocycles. The molecule has 0 heterocycles. The van der Waals surface area contributed by atoms with E-state index in [0.717, 1.165) is 6.54 Å². The molecule has 248 valence electrons. The van der Waals surface area contributed by atoms with Crippen molar-refractivity contribution >= 4 is 36.3 Å². The largest absolute Gasteiger partial charge is 0.483 e. The van der Waals surface area contributed by atoms with Crippen LogP contribution in [0.4, 0.5) is 0 Å². The number of likely N-dealkylation sites (N-methyl/N-ethyl adjacent to an activating group) is 1. The van der Waals surface area contributed by atoms with Crippen molar-refractivity contribution in [1.29, 1.82) is 0 Å². The molecule has 13 heteroatoms. The number of hydrogen-bond acceptors (Lipinski definition) is 9. The molecule has 42 heavy (non-hydrogen) atoms. The molecular formula is C29H57N3O10. The SMILES string of the molecule is CC.CC(C)(C)CC(C)(C)C(=O)NC(CCC(=O)NC(C)(C)C=O)C(=O)O.CNCCOCCOCC(C)=O.O=CO. The monoisotopic (exact) mass is 607 g/mol. The van der Waals surface area contributed by atoms with Gasteiger partial charge in [0.15, 0.2) is 5.78 Å². The van der Waals surface area contributed by atoms with E-state index in [4.69, 9.17) is 19.4 Å². The molecule has 0 fully saturated rings. The van der Waals surface area contributed by atoms with Gasteiger partial charge >= 0.3 is 5.97 Å². The summed E-state index contributed by atoms with van der Waals surface area (Å²) in [5, 5.41) is 24.2. The first-order valence-electron chi connectivity index (χ1n) is 14.0. The number of aliphatic carboxylic acids is 1. The Bertz CT molecular complexity index is 778. The maximum absolute atomic E-state index is 12.5. The molecule has 0 aromatic carbocycles. The van der Waals surface area contributed by atoms with Crippen molar-refractivity contribution in [3.63, 3.8) is 0 Å². The average molecular weight is 608 g/mol. The van der Waals surface area contributed by atoms with Gasteiger partial charge in [0, 0.05) is 18.4 Å². The molecule has 0 aliphatic heterocycles. The quantitative estimate of drug-likeness (QED) is 0.120. The van der Waals surface area contributed by atoms with Crippen molar-refractivity contribution in [3.05, 3.63) is 0 Å². The van der Waals surface area contributed by atoms with E-state index in [2.05, 4.69) is 16.0 Å². The summed E-state index contributed by atoms with van der Waals surface area (Å²) >= 11 is 0. The van der Waals surface area contributed by atoms with E-state index in [0.29, 0.717) is 32.5 Å². The first-order valence-corrected chi connectivity index (χ1v) is 14.0. The summed E-state index contributed by atoms with van der Waals surface area (Å²) in [5.41, 5.74) is -1.82. The van der Waals surface area contributed by atoms with E-state index < -0.39 is 28.9 Å². The van der Waals surface area contributed by atoms with E-state index in [1.165, 1.54) is 6.92 Å². The molecule has 0 aromatic rings. The minimum absolute atomic E-state index is 0.0465. The molecule has 0 aliphatic rings. The highest BCUT2D eigenvalue weighted by atomic mass is 16.5. The molecule has 0 rings (SSSR count). The van der Waals surface area contributed by atoms with Gasteiger partial charge in [0.1, 0.15) is 18.9 Å². The molecule has 5 N–H and O–H groups in total. The first-order chi connectivity index (χ1) is 19.3. The Morgan fingerprint density at radius 3 is 1.81 bits per heavy atom. The van der Waals surface area contributed by atoms with Crippen LogP contribution in [0, 0.1) is 10.8 Å². The van der Waals surface area contributed by atoms with Crippen LogP contribution in [-0.2, 0) is 38.2 Å². The number of amides is 2. The highest BCUT2D eigenvalue weighted by Crippen LogP contribution is 2.33. The molecule has 1 atom stereocenters. The van der Waals surface area contributed by atoms with Crippen LogP contribution < -0.4 is 16.0 Å². The lowest BCUT2D eigenvalue weighted by Gasteiger charge is -2.32. The fourth-order valence-corrected chi connectivity index (χ4v) is 3.35. The average Bonchev–Trinajstić information content (AvgIpc) is 2.86. The van der Waals surface area contributed by atoms with Crippen LogP contribution >= 0.6 is 0 Å². The van der Waals surface area contributed by atoms with Crippen molar-refractivity contribution in [2.45, 2.75) is 100 Å². The van der Waals surface area contributed by atoms with Gasteiger partial charge in [-0.3, -0.25) is 19.2 Å². The van der Waals surface area contributed by atoms with Crippen LogP contribution in [0.2, 0.25) is 0 Å². The zero-order valence-corrected chi connectivity index (χ0v) is 27.5. The molecule has 0 aliphatic carbocycles. The summed E-state index contributed by atoms with van der Waals surface area (Å²) in [6, 6.07) is -1.16.